The minimum atomic E-state index is -0.128. The molecule has 0 aromatic heterocycles. The van der Waals surface area contributed by atoms with Crippen molar-refractivity contribution in [1.29, 1.82) is 0 Å². The summed E-state index contributed by atoms with van der Waals surface area (Å²) in [5, 5.41) is 3.01. The molecule has 1 saturated carbocycles. The molecule has 0 heterocycles. The normalized spacial score (nSPS) is 16.9. The van der Waals surface area contributed by atoms with Crippen molar-refractivity contribution in [3.63, 3.8) is 0 Å². The topological polar surface area (TPSA) is 29.1 Å². The van der Waals surface area contributed by atoms with E-state index >= 15 is 0 Å². The Morgan fingerprint density at radius 1 is 1.38 bits per heavy atom. The molecule has 0 saturated heterocycles. The van der Waals surface area contributed by atoms with Crippen LogP contribution in [0.15, 0.2) is 18.2 Å². The number of aryl methyl sites for hydroxylation is 2. The Morgan fingerprint density at radius 2 is 2.06 bits per heavy atom. The van der Waals surface area contributed by atoms with Crippen molar-refractivity contribution in [2.24, 2.45) is 0 Å². The summed E-state index contributed by atoms with van der Waals surface area (Å²) in [7, 11) is 0. The van der Waals surface area contributed by atoms with Crippen molar-refractivity contribution in [2.45, 2.75) is 32.2 Å². The van der Waals surface area contributed by atoms with Crippen LogP contribution in [0, 0.1) is 13.8 Å². The molecular weight excluding hydrogens is 222 g/mol. The summed E-state index contributed by atoms with van der Waals surface area (Å²) in [6.07, 6.45) is 1.99. The standard InChI is InChI=1S/C13H16ClNO/c1-9-3-4-11(7-10(9)2)12(16)15-13(8-14)5-6-13/h3-4,7H,5-6,8H2,1-2H3,(H,15,16). The number of halogens is 1. The Morgan fingerprint density at radius 3 is 2.56 bits per heavy atom. The van der Waals surface area contributed by atoms with Gasteiger partial charge in [0, 0.05) is 11.4 Å². The van der Waals surface area contributed by atoms with Crippen LogP contribution in [0.25, 0.3) is 0 Å². The van der Waals surface area contributed by atoms with E-state index in [0.29, 0.717) is 5.88 Å². The van der Waals surface area contributed by atoms with Gasteiger partial charge in [-0.25, -0.2) is 0 Å². The maximum Gasteiger partial charge on any atom is 0.251 e. The first kappa shape index (κ1) is 11.5. The molecule has 86 valence electrons. The second-order valence-corrected chi connectivity index (χ2v) is 4.93. The lowest BCUT2D eigenvalue weighted by Gasteiger charge is -2.14. The van der Waals surface area contributed by atoms with Gasteiger partial charge in [0.25, 0.3) is 5.91 Å². The zero-order valence-electron chi connectivity index (χ0n) is 9.64. The molecule has 1 aromatic carbocycles. The van der Waals surface area contributed by atoms with E-state index in [2.05, 4.69) is 5.32 Å². The number of carbonyl (C=O) groups is 1. The van der Waals surface area contributed by atoms with Crippen molar-refractivity contribution >= 4 is 17.5 Å². The predicted molar refractivity (Wildman–Crippen MR) is 66.1 cm³/mol. The number of hydrogen-bond donors (Lipinski definition) is 1. The van der Waals surface area contributed by atoms with E-state index in [1.165, 1.54) is 5.56 Å². The third-order valence-corrected chi connectivity index (χ3v) is 3.77. The van der Waals surface area contributed by atoms with Crippen LogP contribution in [-0.2, 0) is 0 Å². The van der Waals surface area contributed by atoms with Gasteiger partial charge in [0.1, 0.15) is 0 Å². The Labute approximate surface area is 101 Å². The Kier molecular flexibility index (Phi) is 2.94. The number of amides is 1. The van der Waals surface area contributed by atoms with Gasteiger partial charge in [-0.2, -0.15) is 0 Å². The van der Waals surface area contributed by atoms with Gasteiger partial charge in [0.05, 0.1) is 5.54 Å². The van der Waals surface area contributed by atoms with Crippen LogP contribution in [0.5, 0.6) is 0 Å². The molecule has 1 aromatic rings. The molecule has 0 bridgehead atoms. The third kappa shape index (κ3) is 2.22. The summed E-state index contributed by atoms with van der Waals surface area (Å²) in [6, 6.07) is 5.77. The fourth-order valence-electron chi connectivity index (χ4n) is 1.64. The molecule has 1 N–H and O–H groups in total. The second-order valence-electron chi connectivity index (χ2n) is 4.67. The van der Waals surface area contributed by atoms with Crippen LogP contribution < -0.4 is 5.32 Å². The van der Waals surface area contributed by atoms with Crippen molar-refractivity contribution in [2.75, 3.05) is 5.88 Å². The average molecular weight is 238 g/mol. The molecule has 0 radical (unpaired) electrons. The van der Waals surface area contributed by atoms with E-state index in [-0.39, 0.29) is 11.4 Å². The quantitative estimate of drug-likeness (QED) is 0.805. The highest BCUT2D eigenvalue weighted by Crippen LogP contribution is 2.36. The smallest absolute Gasteiger partial charge is 0.251 e. The summed E-state index contributed by atoms with van der Waals surface area (Å²) in [5.74, 6) is 0.491. The minimum Gasteiger partial charge on any atom is -0.345 e. The number of benzene rings is 1. The fourth-order valence-corrected chi connectivity index (χ4v) is 1.97. The van der Waals surface area contributed by atoms with Gasteiger partial charge in [-0.1, -0.05) is 6.07 Å². The van der Waals surface area contributed by atoms with E-state index in [9.17, 15) is 4.79 Å². The van der Waals surface area contributed by atoms with E-state index in [1.807, 2.05) is 32.0 Å². The minimum absolute atomic E-state index is 0.0127. The lowest BCUT2D eigenvalue weighted by molar-refractivity contribution is 0.0936. The molecule has 0 unspecified atom stereocenters. The van der Waals surface area contributed by atoms with E-state index in [0.717, 1.165) is 24.0 Å². The maximum absolute atomic E-state index is 12.0. The molecular formula is C13H16ClNO. The molecule has 0 atom stereocenters. The first-order valence-electron chi connectivity index (χ1n) is 5.52. The molecule has 16 heavy (non-hydrogen) atoms. The van der Waals surface area contributed by atoms with Crippen LogP contribution in [0.4, 0.5) is 0 Å². The average Bonchev–Trinajstić information content (AvgIpc) is 3.02. The van der Waals surface area contributed by atoms with Crippen molar-refractivity contribution < 1.29 is 4.79 Å². The van der Waals surface area contributed by atoms with Crippen molar-refractivity contribution in [3.8, 4) is 0 Å². The second kappa shape index (κ2) is 4.10. The lowest BCUT2D eigenvalue weighted by atomic mass is 10.1. The SMILES string of the molecule is Cc1ccc(C(=O)NC2(CCl)CC2)cc1C. The van der Waals surface area contributed by atoms with Crippen LogP contribution in [0.3, 0.4) is 0 Å². The Balaban J connectivity index is 2.12. The highest BCUT2D eigenvalue weighted by molar-refractivity contribution is 6.19. The number of hydrogen-bond acceptors (Lipinski definition) is 1. The molecule has 1 fully saturated rings. The lowest BCUT2D eigenvalue weighted by Crippen LogP contribution is -2.38. The van der Waals surface area contributed by atoms with Crippen LogP contribution in [-0.4, -0.2) is 17.3 Å². The summed E-state index contributed by atoms with van der Waals surface area (Å²) in [5.41, 5.74) is 2.94. The molecule has 1 amide bonds. The Bertz CT molecular complexity index is 424. The van der Waals surface area contributed by atoms with Gasteiger partial charge in [-0.3, -0.25) is 4.79 Å². The van der Waals surface area contributed by atoms with Crippen LogP contribution >= 0.6 is 11.6 Å². The van der Waals surface area contributed by atoms with Crippen molar-refractivity contribution in [1.82, 2.24) is 5.32 Å². The predicted octanol–water partition coefficient (Wildman–Crippen LogP) is 2.80. The van der Waals surface area contributed by atoms with Crippen molar-refractivity contribution in [3.05, 3.63) is 34.9 Å². The number of rotatable bonds is 3. The Hall–Kier alpha value is -1.02. The van der Waals surface area contributed by atoms with Gasteiger partial charge >= 0.3 is 0 Å². The van der Waals surface area contributed by atoms with E-state index in [1.54, 1.807) is 0 Å². The fraction of sp³-hybridized carbons (Fsp3) is 0.462. The summed E-state index contributed by atoms with van der Waals surface area (Å²) in [6.45, 7) is 4.05. The van der Waals surface area contributed by atoms with Gasteiger partial charge in [-0.05, 0) is 49.9 Å². The molecule has 1 aliphatic carbocycles. The number of nitrogens with one attached hydrogen (secondary N) is 1. The van der Waals surface area contributed by atoms with Gasteiger partial charge in [-0.15, -0.1) is 11.6 Å². The molecule has 1 aliphatic rings. The van der Waals surface area contributed by atoms with Crippen LogP contribution in [0.2, 0.25) is 0 Å². The highest BCUT2D eigenvalue weighted by atomic mass is 35.5. The molecule has 2 rings (SSSR count). The molecule has 0 aliphatic heterocycles. The summed E-state index contributed by atoms with van der Waals surface area (Å²) >= 11 is 5.83. The molecule has 0 spiro atoms. The van der Waals surface area contributed by atoms with Gasteiger partial charge in [0.15, 0.2) is 0 Å². The zero-order chi connectivity index (χ0) is 11.8. The monoisotopic (exact) mass is 237 g/mol. The summed E-state index contributed by atoms with van der Waals surface area (Å²) < 4.78 is 0. The number of carbonyl (C=O) groups excluding carboxylic acids is 1. The van der Waals surface area contributed by atoms with Gasteiger partial charge < -0.3 is 5.32 Å². The van der Waals surface area contributed by atoms with E-state index in [4.69, 9.17) is 11.6 Å². The first-order valence-corrected chi connectivity index (χ1v) is 6.05. The van der Waals surface area contributed by atoms with Crippen LogP contribution in [0.1, 0.15) is 34.3 Å². The molecule has 3 heteroatoms. The largest absolute Gasteiger partial charge is 0.345 e. The first-order chi connectivity index (χ1) is 7.56. The number of alkyl halides is 1. The van der Waals surface area contributed by atoms with Gasteiger partial charge in [0.2, 0.25) is 0 Å². The van der Waals surface area contributed by atoms with E-state index < -0.39 is 0 Å². The molecule has 2 nitrogen and oxygen atoms in total. The maximum atomic E-state index is 12.0. The zero-order valence-corrected chi connectivity index (χ0v) is 10.4. The highest BCUT2D eigenvalue weighted by Gasteiger charge is 2.43. The summed E-state index contributed by atoms with van der Waals surface area (Å²) in [4.78, 5) is 12.0. The third-order valence-electron chi connectivity index (χ3n) is 3.26.